The van der Waals surface area contributed by atoms with Crippen molar-refractivity contribution in [2.75, 3.05) is 19.6 Å². The minimum absolute atomic E-state index is 0.145. The van der Waals surface area contributed by atoms with E-state index in [9.17, 15) is 4.39 Å². The molecule has 1 atom stereocenters. The molecule has 270 valence electrons. The Labute approximate surface area is 291 Å². The first kappa shape index (κ1) is 46.5. The Kier molecular flexibility index (Phi) is 26.9. The van der Waals surface area contributed by atoms with Crippen LogP contribution in [0, 0.1) is 0 Å². The van der Waals surface area contributed by atoms with Crippen LogP contribution in [-0.2, 0) is 0 Å². The molecule has 0 saturated carbocycles. The largest absolute Gasteiger partial charge is 0.379 e. The lowest BCUT2D eigenvalue weighted by molar-refractivity contribution is 0.108. The van der Waals surface area contributed by atoms with Gasteiger partial charge in [-0.3, -0.25) is 9.98 Å². The summed E-state index contributed by atoms with van der Waals surface area (Å²) in [5.74, 6) is 4.98. The van der Waals surface area contributed by atoms with Crippen molar-refractivity contribution in [3.05, 3.63) is 95.8 Å². The molecule has 0 bridgehead atoms. The molecule has 0 fully saturated rings. The van der Waals surface area contributed by atoms with Crippen molar-refractivity contribution in [3.63, 3.8) is 0 Å². The first-order chi connectivity index (χ1) is 23.5. The number of halogens is 3. The van der Waals surface area contributed by atoms with E-state index in [1.54, 1.807) is 37.7 Å². The third kappa shape index (κ3) is 20.4. The van der Waals surface area contributed by atoms with Gasteiger partial charge >= 0.3 is 0 Å². The highest BCUT2D eigenvalue weighted by molar-refractivity contribution is 6.15. The third-order valence-electron chi connectivity index (χ3n) is 6.67. The smallest absolute Gasteiger partial charge is 0.143 e. The molecule has 0 spiro atoms. The van der Waals surface area contributed by atoms with E-state index in [1.807, 2.05) is 26.0 Å². The Morgan fingerprint density at radius 2 is 1.88 bits per heavy atom. The molecule has 2 heterocycles. The molecule has 9 nitrogen and oxygen atoms in total. The van der Waals surface area contributed by atoms with Gasteiger partial charge in [-0.25, -0.2) is 9.38 Å². The fourth-order valence-corrected chi connectivity index (χ4v) is 3.68. The molecule has 2 aliphatic rings. The second-order valence-corrected chi connectivity index (χ2v) is 10.8. The number of hydrogen-bond acceptors (Lipinski definition) is 7. The van der Waals surface area contributed by atoms with Gasteiger partial charge in [-0.05, 0) is 69.7 Å². The number of allylic oxidation sites excluding steroid dienone is 4. The van der Waals surface area contributed by atoms with Crippen molar-refractivity contribution < 1.29 is 13.5 Å². The zero-order valence-corrected chi connectivity index (χ0v) is 30.6. The average Bonchev–Trinajstić information content (AvgIpc) is 3.08. The molecular weight excluding hydrogens is 627 g/mol. The summed E-state index contributed by atoms with van der Waals surface area (Å²) in [7, 11) is 0. The van der Waals surface area contributed by atoms with Crippen LogP contribution in [0.15, 0.2) is 126 Å². The fourth-order valence-electron chi connectivity index (χ4n) is 3.68. The Hall–Kier alpha value is -4.63. The van der Waals surface area contributed by atoms with Gasteiger partial charge in [0, 0.05) is 46.0 Å². The predicted molar refractivity (Wildman–Crippen MR) is 203 cm³/mol. The molecule has 0 aliphatic carbocycles. The fraction of sp³-hybridized carbons (Fsp3) is 0.459. The van der Waals surface area contributed by atoms with E-state index >= 15 is 0 Å². The van der Waals surface area contributed by atoms with Gasteiger partial charge in [0.1, 0.15) is 12.0 Å². The predicted octanol–water partition coefficient (Wildman–Crippen LogP) is 9.25. The van der Waals surface area contributed by atoms with Crippen molar-refractivity contribution >= 4 is 23.5 Å². The van der Waals surface area contributed by atoms with Crippen LogP contribution in [0.1, 0.15) is 81.1 Å². The van der Waals surface area contributed by atoms with E-state index < -0.39 is 5.67 Å². The molecule has 0 saturated heterocycles. The minimum Gasteiger partial charge on any atom is -0.379 e. The van der Waals surface area contributed by atoms with Crippen molar-refractivity contribution in [1.29, 1.82) is 0 Å². The molecule has 49 heavy (non-hydrogen) atoms. The molecule has 4 N–H and O–H groups in total. The van der Waals surface area contributed by atoms with E-state index in [0.717, 1.165) is 24.1 Å². The zero-order valence-electron chi connectivity index (χ0n) is 30.6. The molecule has 1 unspecified atom stereocenters. The second-order valence-electron chi connectivity index (χ2n) is 10.8. The zero-order chi connectivity index (χ0) is 37.7. The van der Waals surface area contributed by atoms with Crippen molar-refractivity contribution in [2.24, 2.45) is 36.4 Å². The molecule has 12 heteroatoms. The molecule has 0 amide bonds. The number of nitrogens with zero attached hydrogens (tertiary/aromatic N) is 6. The Bertz CT molecular complexity index is 1390. The quantitative estimate of drug-likeness (QED) is 0.0303. The number of hydrogen-bond donors (Lipinski definition) is 3. The van der Waals surface area contributed by atoms with Gasteiger partial charge in [0.05, 0.1) is 28.9 Å². The minimum atomic E-state index is -1.46. The van der Waals surface area contributed by atoms with Crippen LogP contribution in [0.2, 0.25) is 0 Å². The highest BCUT2D eigenvalue weighted by Gasteiger charge is 2.23. The first-order valence-electron chi connectivity index (χ1n) is 16.3. The standard InChI is InChI=1S/C31H40FN9.C4H10.C2H6.F2/c1-8-27(24(4)39-41-40-33)13-9-11-22(2)15-17-34-20-28-23(3)30(38-21-37-28)25(5)36-19-26-12-10-14-29(31(6,7)32)35-18-16-26;1-3-4-2;2*1-2/h8-11,16,18,21,28,34,36H,1,3,5,14-15,17,19-20H2,2,4,6-7H3,(H2,33,41);3-4H2,1-2H3;1-2H3;/b18-16-,22-11+,35-29?,39-24+;;;. The molecule has 2 aliphatic heterocycles. The molecule has 0 aromatic rings. The lowest BCUT2D eigenvalue weighted by atomic mass is 10.0. The SMILES string of the molecule is C=CC(=C=C/C=C(\C)CCNCC1N=CN=C(C(=C)NCC2=C=CCC(C(C)(C)F)=N/C=C\2)C1=C)/C(C)=N/N=N\N.CC.CCCC.FF. The molecule has 0 aromatic heterocycles. The summed E-state index contributed by atoms with van der Waals surface area (Å²) < 4.78 is 30.2. The molecule has 2 rings (SSSR count). The van der Waals surface area contributed by atoms with Gasteiger partial charge < -0.3 is 16.5 Å². The molecular formula is C37H56F3N9. The highest BCUT2D eigenvalue weighted by Crippen LogP contribution is 2.17. The maximum atomic E-state index is 14.2. The van der Waals surface area contributed by atoms with Gasteiger partial charge in [0.25, 0.3) is 0 Å². The summed E-state index contributed by atoms with van der Waals surface area (Å²) in [6.45, 7) is 29.2. The summed E-state index contributed by atoms with van der Waals surface area (Å²) in [5.41, 5.74) is 10.8. The number of unbranched alkanes of at least 4 members (excludes halogenated alkanes) is 1. The van der Waals surface area contributed by atoms with Crippen LogP contribution in [0.4, 0.5) is 13.5 Å². The van der Waals surface area contributed by atoms with Crippen molar-refractivity contribution in [2.45, 2.75) is 92.8 Å². The summed E-state index contributed by atoms with van der Waals surface area (Å²) in [6.07, 6.45) is 16.1. The van der Waals surface area contributed by atoms with Crippen LogP contribution in [0.25, 0.3) is 0 Å². The second kappa shape index (κ2) is 28.4. The van der Waals surface area contributed by atoms with Gasteiger partial charge in [-0.2, -0.15) is 0 Å². The Balaban J connectivity index is 0. The van der Waals surface area contributed by atoms with Gasteiger partial charge in [0.2, 0.25) is 0 Å². The summed E-state index contributed by atoms with van der Waals surface area (Å²) in [4.78, 5) is 13.1. The van der Waals surface area contributed by atoms with Crippen LogP contribution >= 0.6 is 0 Å². The van der Waals surface area contributed by atoms with Crippen LogP contribution in [-0.4, -0.2) is 54.8 Å². The summed E-state index contributed by atoms with van der Waals surface area (Å²) in [5, 5.41) is 17.1. The summed E-state index contributed by atoms with van der Waals surface area (Å²) in [6, 6.07) is -0.145. The van der Waals surface area contributed by atoms with E-state index in [4.69, 9.17) is 15.0 Å². The maximum Gasteiger partial charge on any atom is 0.143 e. The van der Waals surface area contributed by atoms with Crippen LogP contribution in [0.5, 0.6) is 0 Å². The molecule has 0 radical (unpaired) electrons. The first-order valence-corrected chi connectivity index (χ1v) is 16.3. The number of rotatable bonds is 15. The average molecular weight is 684 g/mol. The lowest BCUT2D eigenvalue weighted by Crippen LogP contribution is -2.34. The number of alkyl halides is 1. The van der Waals surface area contributed by atoms with Crippen molar-refractivity contribution in [3.8, 4) is 0 Å². The number of aliphatic imine (C=N–C) groups is 3. The Morgan fingerprint density at radius 1 is 1.20 bits per heavy atom. The normalized spacial score (nSPS) is 16.3. The lowest BCUT2D eigenvalue weighted by Gasteiger charge is -2.22. The number of nitrogens with two attached hydrogens (primary N) is 1. The van der Waals surface area contributed by atoms with Gasteiger partial charge in [-0.1, -0.05) is 83.2 Å². The maximum absolute atomic E-state index is 14.2. The van der Waals surface area contributed by atoms with Gasteiger partial charge in [-0.15, -0.1) is 16.6 Å². The number of nitrogens with one attached hydrogen (secondary N) is 2. The monoisotopic (exact) mass is 683 g/mol. The van der Waals surface area contributed by atoms with E-state index in [2.05, 4.69) is 93.1 Å². The van der Waals surface area contributed by atoms with Crippen LogP contribution in [0.3, 0.4) is 0 Å². The highest BCUT2D eigenvalue weighted by atomic mass is 20.0. The van der Waals surface area contributed by atoms with E-state index in [1.165, 1.54) is 32.3 Å². The van der Waals surface area contributed by atoms with Gasteiger partial charge in [0.15, 0.2) is 0 Å². The topological polar surface area (TPSA) is 124 Å². The van der Waals surface area contributed by atoms with E-state index in [0.29, 0.717) is 47.9 Å². The van der Waals surface area contributed by atoms with Crippen molar-refractivity contribution in [1.82, 2.24) is 10.6 Å². The summed E-state index contributed by atoms with van der Waals surface area (Å²) >= 11 is 0. The van der Waals surface area contributed by atoms with E-state index in [-0.39, 0.29) is 6.04 Å². The van der Waals surface area contributed by atoms with Crippen LogP contribution < -0.4 is 16.5 Å². The third-order valence-corrected chi connectivity index (χ3v) is 6.67. The Morgan fingerprint density at radius 3 is 2.47 bits per heavy atom. The molecule has 0 aromatic carbocycles.